The zero-order valence-corrected chi connectivity index (χ0v) is 8.70. The summed E-state index contributed by atoms with van der Waals surface area (Å²) >= 11 is 0. The summed E-state index contributed by atoms with van der Waals surface area (Å²) < 4.78 is 10.1. The number of nitrogen functional groups attached to an aromatic ring is 1. The highest BCUT2D eigenvalue weighted by atomic mass is 16.5. The Labute approximate surface area is 83.3 Å². The maximum atomic E-state index is 5.66. The number of hydrogen-bond donors (Lipinski definition) is 1. The number of aromatic nitrogens is 2. The Balaban J connectivity index is 2.69. The molecule has 0 aliphatic carbocycles. The van der Waals surface area contributed by atoms with E-state index in [9.17, 15) is 0 Å². The number of nitrogens with zero attached hydrogens (tertiary/aromatic N) is 2. The van der Waals surface area contributed by atoms with E-state index >= 15 is 0 Å². The van der Waals surface area contributed by atoms with E-state index in [0.717, 1.165) is 11.3 Å². The van der Waals surface area contributed by atoms with Gasteiger partial charge in [-0.05, 0) is 13.8 Å². The van der Waals surface area contributed by atoms with Crippen LogP contribution >= 0.6 is 0 Å². The molecule has 0 radical (unpaired) electrons. The summed E-state index contributed by atoms with van der Waals surface area (Å²) in [5, 5.41) is 0. The Morgan fingerprint density at radius 3 is 2.50 bits per heavy atom. The van der Waals surface area contributed by atoms with Crippen molar-refractivity contribution in [3.8, 4) is 6.01 Å². The highest BCUT2D eigenvalue weighted by Gasteiger charge is 2.05. The molecule has 1 aromatic rings. The molecule has 78 valence electrons. The highest BCUT2D eigenvalue weighted by Crippen LogP contribution is 2.14. The Morgan fingerprint density at radius 2 is 1.93 bits per heavy atom. The van der Waals surface area contributed by atoms with Crippen LogP contribution in [0.2, 0.25) is 0 Å². The minimum absolute atomic E-state index is 0.308. The van der Waals surface area contributed by atoms with Gasteiger partial charge in [-0.25, -0.2) is 4.98 Å². The summed E-state index contributed by atoms with van der Waals surface area (Å²) in [6.07, 6.45) is 0. The summed E-state index contributed by atoms with van der Waals surface area (Å²) in [6, 6.07) is 0.308. The van der Waals surface area contributed by atoms with E-state index in [1.165, 1.54) is 0 Å². The van der Waals surface area contributed by atoms with Crippen molar-refractivity contribution in [2.24, 2.45) is 0 Å². The van der Waals surface area contributed by atoms with Crippen LogP contribution in [-0.2, 0) is 4.74 Å². The monoisotopic (exact) mass is 197 g/mol. The van der Waals surface area contributed by atoms with E-state index in [1.807, 2.05) is 13.8 Å². The molecule has 0 atom stereocenters. The normalized spacial score (nSPS) is 10.2. The van der Waals surface area contributed by atoms with Crippen molar-refractivity contribution in [1.82, 2.24) is 9.97 Å². The second-order valence-corrected chi connectivity index (χ2v) is 2.94. The number of methoxy groups -OCH3 is 1. The van der Waals surface area contributed by atoms with E-state index in [0.29, 0.717) is 25.0 Å². The molecule has 14 heavy (non-hydrogen) atoms. The minimum Gasteiger partial charge on any atom is -0.461 e. The van der Waals surface area contributed by atoms with Crippen LogP contribution in [0.5, 0.6) is 6.01 Å². The van der Waals surface area contributed by atoms with Crippen molar-refractivity contribution in [3.05, 3.63) is 11.3 Å². The van der Waals surface area contributed by atoms with Gasteiger partial charge in [-0.2, -0.15) is 4.98 Å². The van der Waals surface area contributed by atoms with E-state index in [2.05, 4.69) is 9.97 Å². The SMILES string of the molecule is COCCOc1nc(C)c(C)c(N)n1. The average molecular weight is 197 g/mol. The molecular formula is C9H15N3O2. The molecule has 0 aliphatic heterocycles. The summed E-state index contributed by atoms with van der Waals surface area (Å²) in [7, 11) is 1.61. The maximum absolute atomic E-state index is 5.66. The molecular weight excluding hydrogens is 182 g/mol. The Morgan fingerprint density at radius 1 is 1.21 bits per heavy atom. The van der Waals surface area contributed by atoms with Crippen LogP contribution in [0.15, 0.2) is 0 Å². The number of anilines is 1. The third-order valence-corrected chi connectivity index (χ3v) is 1.92. The van der Waals surface area contributed by atoms with Crippen molar-refractivity contribution in [3.63, 3.8) is 0 Å². The largest absolute Gasteiger partial charge is 0.461 e. The van der Waals surface area contributed by atoms with Gasteiger partial charge in [0, 0.05) is 18.4 Å². The first-order valence-corrected chi connectivity index (χ1v) is 4.37. The van der Waals surface area contributed by atoms with Crippen LogP contribution in [0.25, 0.3) is 0 Å². The summed E-state index contributed by atoms with van der Waals surface area (Å²) in [6.45, 7) is 4.69. The lowest BCUT2D eigenvalue weighted by Crippen LogP contribution is -2.09. The summed E-state index contributed by atoms with van der Waals surface area (Å²) in [4.78, 5) is 8.13. The zero-order valence-electron chi connectivity index (χ0n) is 8.70. The second-order valence-electron chi connectivity index (χ2n) is 2.94. The number of ether oxygens (including phenoxy) is 2. The predicted octanol–water partition coefficient (Wildman–Crippen LogP) is 0.701. The number of hydrogen-bond acceptors (Lipinski definition) is 5. The summed E-state index contributed by atoms with van der Waals surface area (Å²) in [5.41, 5.74) is 7.39. The number of aryl methyl sites for hydroxylation is 1. The van der Waals surface area contributed by atoms with Crippen LogP contribution in [-0.4, -0.2) is 30.3 Å². The van der Waals surface area contributed by atoms with Crippen LogP contribution < -0.4 is 10.5 Å². The van der Waals surface area contributed by atoms with Gasteiger partial charge >= 0.3 is 6.01 Å². The highest BCUT2D eigenvalue weighted by molar-refractivity contribution is 5.41. The number of rotatable bonds is 4. The van der Waals surface area contributed by atoms with Gasteiger partial charge in [-0.1, -0.05) is 0 Å². The van der Waals surface area contributed by atoms with Gasteiger partial charge in [0.25, 0.3) is 0 Å². The molecule has 0 saturated heterocycles. The van der Waals surface area contributed by atoms with Crippen molar-refractivity contribution >= 4 is 5.82 Å². The van der Waals surface area contributed by atoms with Gasteiger partial charge in [0.15, 0.2) is 0 Å². The van der Waals surface area contributed by atoms with E-state index in [1.54, 1.807) is 7.11 Å². The first kappa shape index (κ1) is 10.7. The molecule has 0 unspecified atom stereocenters. The van der Waals surface area contributed by atoms with Gasteiger partial charge in [0.05, 0.1) is 6.61 Å². The first-order chi connectivity index (χ1) is 6.65. The van der Waals surface area contributed by atoms with E-state index < -0.39 is 0 Å². The molecule has 0 amide bonds. The zero-order chi connectivity index (χ0) is 10.6. The minimum atomic E-state index is 0.308. The fraction of sp³-hybridized carbons (Fsp3) is 0.556. The lowest BCUT2D eigenvalue weighted by molar-refractivity contribution is 0.141. The van der Waals surface area contributed by atoms with Gasteiger partial charge in [0.1, 0.15) is 12.4 Å². The molecule has 1 rings (SSSR count). The van der Waals surface area contributed by atoms with Gasteiger partial charge < -0.3 is 15.2 Å². The molecule has 2 N–H and O–H groups in total. The fourth-order valence-electron chi connectivity index (χ4n) is 0.905. The standard InChI is InChI=1S/C9H15N3O2/c1-6-7(2)11-9(12-8(6)10)14-5-4-13-3/h4-5H2,1-3H3,(H2,10,11,12). The average Bonchev–Trinajstić information content (AvgIpc) is 2.14. The Kier molecular flexibility index (Phi) is 3.64. The van der Waals surface area contributed by atoms with Crippen LogP contribution in [0.3, 0.4) is 0 Å². The molecule has 1 heterocycles. The van der Waals surface area contributed by atoms with Gasteiger partial charge in [0.2, 0.25) is 0 Å². The van der Waals surface area contributed by atoms with Crippen molar-refractivity contribution in [2.75, 3.05) is 26.1 Å². The quantitative estimate of drug-likeness (QED) is 0.719. The fourth-order valence-corrected chi connectivity index (χ4v) is 0.905. The van der Waals surface area contributed by atoms with Crippen LogP contribution in [0, 0.1) is 13.8 Å². The van der Waals surface area contributed by atoms with E-state index in [4.69, 9.17) is 15.2 Å². The molecule has 0 spiro atoms. The molecule has 0 bridgehead atoms. The lowest BCUT2D eigenvalue weighted by atomic mass is 10.2. The number of nitrogens with two attached hydrogens (primary N) is 1. The lowest BCUT2D eigenvalue weighted by Gasteiger charge is -2.07. The molecule has 1 aromatic heterocycles. The van der Waals surface area contributed by atoms with Crippen molar-refractivity contribution < 1.29 is 9.47 Å². The van der Waals surface area contributed by atoms with E-state index in [-0.39, 0.29) is 0 Å². The molecule has 0 aliphatic rings. The second kappa shape index (κ2) is 4.76. The van der Waals surface area contributed by atoms with Crippen molar-refractivity contribution in [1.29, 1.82) is 0 Å². The maximum Gasteiger partial charge on any atom is 0.318 e. The van der Waals surface area contributed by atoms with Gasteiger partial charge in [-0.15, -0.1) is 0 Å². The Hall–Kier alpha value is -1.36. The van der Waals surface area contributed by atoms with Crippen LogP contribution in [0.4, 0.5) is 5.82 Å². The Bertz CT molecular complexity index is 292. The molecule has 5 nitrogen and oxygen atoms in total. The first-order valence-electron chi connectivity index (χ1n) is 4.37. The predicted molar refractivity (Wildman–Crippen MR) is 53.3 cm³/mol. The van der Waals surface area contributed by atoms with Crippen LogP contribution in [0.1, 0.15) is 11.3 Å². The summed E-state index contributed by atoms with van der Waals surface area (Å²) in [5.74, 6) is 0.463. The molecule has 0 aromatic carbocycles. The topological polar surface area (TPSA) is 70.3 Å². The third-order valence-electron chi connectivity index (χ3n) is 1.92. The smallest absolute Gasteiger partial charge is 0.318 e. The molecule has 0 fully saturated rings. The molecule has 5 heteroatoms. The molecule has 0 saturated carbocycles. The van der Waals surface area contributed by atoms with Gasteiger partial charge in [-0.3, -0.25) is 0 Å². The third kappa shape index (κ3) is 2.56. The van der Waals surface area contributed by atoms with Crippen molar-refractivity contribution in [2.45, 2.75) is 13.8 Å².